The van der Waals surface area contributed by atoms with E-state index in [9.17, 15) is 4.79 Å². The third-order valence-corrected chi connectivity index (χ3v) is 8.59. The lowest BCUT2D eigenvalue weighted by molar-refractivity contribution is -0.143. The van der Waals surface area contributed by atoms with Crippen LogP contribution in [0, 0.1) is 17.2 Å². The number of hydrogen-bond acceptors (Lipinski definition) is 5. The molecule has 6 heteroatoms. The Bertz CT molecular complexity index is 1380. The monoisotopic (exact) mass is 574 g/mol. The number of methoxy groups -OCH3 is 1. The smallest absolute Gasteiger partial charge is 0.306 e. The second-order valence-corrected chi connectivity index (χ2v) is 12.4. The van der Waals surface area contributed by atoms with Crippen molar-refractivity contribution in [2.24, 2.45) is 11.3 Å². The van der Waals surface area contributed by atoms with Gasteiger partial charge in [0.2, 0.25) is 0 Å². The lowest BCUT2D eigenvalue weighted by atomic mass is 9.75. The summed E-state index contributed by atoms with van der Waals surface area (Å²) in [6.07, 6.45) is 5.69. The number of benzene rings is 3. The number of esters is 1. The lowest BCUT2D eigenvalue weighted by Crippen LogP contribution is -2.30. The largest absolute Gasteiger partial charge is 0.497 e. The van der Waals surface area contributed by atoms with Gasteiger partial charge in [-0.15, -0.1) is 0 Å². The van der Waals surface area contributed by atoms with Gasteiger partial charge in [0.15, 0.2) is 0 Å². The Balaban J connectivity index is 1.40. The highest BCUT2D eigenvalue weighted by Gasteiger charge is 2.36. The van der Waals surface area contributed by atoms with Crippen LogP contribution in [-0.4, -0.2) is 26.3 Å². The van der Waals surface area contributed by atoms with Crippen LogP contribution in [0.15, 0.2) is 60.7 Å². The van der Waals surface area contributed by atoms with Crippen LogP contribution in [0.3, 0.4) is 0 Å². The van der Waals surface area contributed by atoms with Gasteiger partial charge in [0, 0.05) is 12.2 Å². The molecule has 0 bridgehead atoms. The average Bonchev–Trinajstić information content (AvgIpc) is 3.80. The Morgan fingerprint density at radius 1 is 1.05 bits per heavy atom. The number of ether oxygens (including phenoxy) is 4. The molecule has 2 atom stereocenters. The van der Waals surface area contributed by atoms with E-state index in [4.69, 9.17) is 18.9 Å². The van der Waals surface area contributed by atoms with E-state index in [1.165, 1.54) is 18.9 Å². The maximum absolute atomic E-state index is 15.2. The molecule has 0 radical (unpaired) electrons. The van der Waals surface area contributed by atoms with Crippen molar-refractivity contribution in [3.63, 3.8) is 0 Å². The van der Waals surface area contributed by atoms with Crippen molar-refractivity contribution >= 4 is 5.97 Å². The number of rotatable bonds is 12. The first kappa shape index (κ1) is 30.1. The number of hydrogen-bond donors (Lipinski definition) is 0. The van der Waals surface area contributed by atoms with E-state index < -0.39 is 0 Å². The Morgan fingerprint density at radius 2 is 1.88 bits per heavy atom. The van der Waals surface area contributed by atoms with Crippen LogP contribution in [-0.2, 0) is 20.9 Å². The summed E-state index contributed by atoms with van der Waals surface area (Å²) in [5.74, 6) is 1.73. The number of halogens is 1. The van der Waals surface area contributed by atoms with E-state index in [2.05, 4.69) is 32.0 Å². The lowest BCUT2D eigenvalue weighted by Gasteiger charge is -2.39. The zero-order chi connectivity index (χ0) is 29.7. The molecule has 3 aromatic rings. The molecule has 1 aliphatic heterocycles. The summed E-state index contributed by atoms with van der Waals surface area (Å²) in [5, 5.41) is 0. The molecule has 0 spiro atoms. The average molecular weight is 575 g/mol. The molecule has 224 valence electrons. The summed E-state index contributed by atoms with van der Waals surface area (Å²) in [6, 6.07) is 19.0. The Kier molecular flexibility index (Phi) is 9.52. The van der Waals surface area contributed by atoms with Crippen LogP contribution in [0.5, 0.6) is 11.5 Å². The van der Waals surface area contributed by atoms with Crippen molar-refractivity contribution in [1.29, 1.82) is 0 Å². The maximum Gasteiger partial charge on any atom is 0.306 e. The highest BCUT2D eigenvalue weighted by Crippen LogP contribution is 2.47. The van der Waals surface area contributed by atoms with E-state index in [0.717, 1.165) is 47.3 Å². The molecule has 0 aromatic heterocycles. The van der Waals surface area contributed by atoms with Crippen LogP contribution < -0.4 is 9.47 Å². The highest BCUT2D eigenvalue weighted by molar-refractivity contribution is 5.71. The minimum Gasteiger partial charge on any atom is -0.497 e. The van der Waals surface area contributed by atoms with Gasteiger partial charge in [0.1, 0.15) is 23.9 Å². The fraction of sp³-hybridized carbons (Fsp3) is 0.472. The number of carbonyl (C=O) groups is 1. The van der Waals surface area contributed by atoms with Crippen LogP contribution in [0.2, 0.25) is 0 Å². The van der Waals surface area contributed by atoms with Gasteiger partial charge < -0.3 is 18.9 Å². The molecule has 1 heterocycles. The standard InChI is InChI=1S/C36H43FO5/c1-5-40-34(38)21-27(18-24-10-11-24)26-8-6-9-29(20-26)42-23-25-12-14-30(31-22-28(39-4)13-15-33(31)37)32(19-25)35-36(2,3)16-7-17-41-35/h6,8-9,12-15,19-20,22,24,27,35H,5,7,10-11,16-18,21,23H2,1-4H3/t27-,35?/m0/s1. The molecule has 2 aliphatic rings. The predicted molar refractivity (Wildman–Crippen MR) is 162 cm³/mol. The zero-order valence-corrected chi connectivity index (χ0v) is 25.3. The molecule has 1 unspecified atom stereocenters. The molecule has 1 saturated carbocycles. The summed E-state index contributed by atoms with van der Waals surface area (Å²) >= 11 is 0. The molecule has 1 saturated heterocycles. The second kappa shape index (κ2) is 13.3. The molecule has 5 rings (SSSR count). The first-order valence-electron chi connectivity index (χ1n) is 15.2. The van der Waals surface area contributed by atoms with Crippen LogP contribution in [0.1, 0.15) is 88.0 Å². The Morgan fingerprint density at radius 3 is 2.62 bits per heavy atom. The molecular formula is C36H43FO5. The van der Waals surface area contributed by atoms with Crippen molar-refractivity contribution < 1.29 is 28.1 Å². The molecule has 1 aliphatic carbocycles. The predicted octanol–water partition coefficient (Wildman–Crippen LogP) is 8.79. The molecule has 5 nitrogen and oxygen atoms in total. The van der Waals surface area contributed by atoms with E-state index in [1.54, 1.807) is 19.2 Å². The van der Waals surface area contributed by atoms with Gasteiger partial charge in [0.25, 0.3) is 0 Å². The van der Waals surface area contributed by atoms with Gasteiger partial charge in [-0.2, -0.15) is 0 Å². The fourth-order valence-corrected chi connectivity index (χ4v) is 6.14. The van der Waals surface area contributed by atoms with Gasteiger partial charge in [-0.1, -0.05) is 51.0 Å². The van der Waals surface area contributed by atoms with Crippen molar-refractivity contribution in [2.45, 2.75) is 77.9 Å². The van der Waals surface area contributed by atoms with Gasteiger partial charge in [0.05, 0.1) is 26.2 Å². The molecular weight excluding hydrogens is 531 g/mol. The van der Waals surface area contributed by atoms with Gasteiger partial charge in [-0.25, -0.2) is 4.39 Å². The third-order valence-electron chi connectivity index (χ3n) is 8.59. The molecule has 42 heavy (non-hydrogen) atoms. The van der Waals surface area contributed by atoms with Crippen molar-refractivity contribution in [3.05, 3.63) is 83.2 Å². The topological polar surface area (TPSA) is 54.0 Å². The summed E-state index contributed by atoms with van der Waals surface area (Å²) in [4.78, 5) is 12.3. The minimum atomic E-state index is -0.296. The van der Waals surface area contributed by atoms with Crippen LogP contribution in [0.4, 0.5) is 4.39 Å². The minimum absolute atomic E-state index is 0.106. The van der Waals surface area contributed by atoms with Crippen LogP contribution >= 0.6 is 0 Å². The summed E-state index contributed by atoms with van der Waals surface area (Å²) in [7, 11) is 1.59. The SMILES string of the molecule is CCOC(=O)C[C@H](CC1CC1)c1cccc(OCc2ccc(-c3cc(OC)ccc3F)c(C3OCCCC3(C)C)c2)c1. The van der Waals surface area contributed by atoms with E-state index >= 15 is 4.39 Å². The van der Waals surface area contributed by atoms with Crippen LogP contribution in [0.25, 0.3) is 11.1 Å². The Labute approximate surface area is 249 Å². The normalized spacial score (nSPS) is 18.7. The van der Waals surface area contributed by atoms with Crippen molar-refractivity contribution in [3.8, 4) is 22.6 Å². The second-order valence-electron chi connectivity index (χ2n) is 12.4. The summed E-state index contributed by atoms with van der Waals surface area (Å²) in [5.41, 5.74) is 4.24. The molecule has 3 aromatic carbocycles. The zero-order valence-electron chi connectivity index (χ0n) is 25.3. The van der Waals surface area contributed by atoms with Crippen molar-refractivity contribution in [2.75, 3.05) is 20.3 Å². The molecule has 2 fully saturated rings. The van der Waals surface area contributed by atoms with E-state index in [0.29, 0.717) is 43.5 Å². The quantitative estimate of drug-likeness (QED) is 0.202. The van der Waals surface area contributed by atoms with Crippen molar-refractivity contribution in [1.82, 2.24) is 0 Å². The van der Waals surface area contributed by atoms with E-state index in [1.807, 2.05) is 31.2 Å². The maximum atomic E-state index is 15.2. The molecule has 0 amide bonds. The Hall–Kier alpha value is -3.38. The molecule has 0 N–H and O–H groups in total. The van der Waals surface area contributed by atoms with E-state index in [-0.39, 0.29) is 29.2 Å². The summed E-state index contributed by atoms with van der Waals surface area (Å²) in [6.45, 7) is 7.70. The third kappa shape index (κ3) is 7.33. The highest BCUT2D eigenvalue weighted by atomic mass is 19.1. The van der Waals surface area contributed by atoms with Gasteiger partial charge >= 0.3 is 5.97 Å². The first-order valence-corrected chi connectivity index (χ1v) is 15.2. The fourth-order valence-electron chi connectivity index (χ4n) is 6.14. The first-order chi connectivity index (χ1) is 20.3. The van der Waals surface area contributed by atoms with Gasteiger partial charge in [-0.05, 0) is 102 Å². The number of carbonyl (C=O) groups excluding carboxylic acids is 1. The van der Waals surface area contributed by atoms with Gasteiger partial charge in [-0.3, -0.25) is 4.79 Å². The summed E-state index contributed by atoms with van der Waals surface area (Å²) < 4.78 is 38.5.